The molecular weight excluding hydrogens is 436 g/mol. The molecular formula is C15H24Cl2IN3O. The van der Waals surface area contributed by atoms with Crippen molar-refractivity contribution in [3.05, 3.63) is 33.8 Å². The summed E-state index contributed by atoms with van der Waals surface area (Å²) < 4.78 is 5.30. The van der Waals surface area contributed by atoms with E-state index in [4.69, 9.17) is 27.9 Å². The number of hydrogen-bond acceptors (Lipinski definition) is 2. The lowest BCUT2D eigenvalue weighted by Crippen LogP contribution is -2.39. The Kier molecular flexibility index (Phi) is 12.1. The molecule has 1 unspecified atom stereocenters. The molecule has 0 saturated carbocycles. The summed E-state index contributed by atoms with van der Waals surface area (Å²) in [6.45, 7) is 6.33. The highest BCUT2D eigenvalue weighted by Gasteiger charge is 2.11. The molecule has 0 bridgehead atoms. The Labute approximate surface area is 160 Å². The maximum absolute atomic E-state index is 6.21. The first kappa shape index (κ1) is 21.8. The van der Waals surface area contributed by atoms with Crippen molar-refractivity contribution in [2.45, 2.75) is 26.3 Å². The van der Waals surface area contributed by atoms with Crippen LogP contribution < -0.4 is 10.6 Å². The normalized spacial score (nSPS) is 12.5. The molecule has 0 saturated heterocycles. The number of halogens is 3. The van der Waals surface area contributed by atoms with Crippen molar-refractivity contribution in [3.8, 4) is 0 Å². The summed E-state index contributed by atoms with van der Waals surface area (Å²) in [6.07, 6.45) is 0.935. The molecule has 1 aromatic rings. The van der Waals surface area contributed by atoms with Crippen LogP contribution in [0.3, 0.4) is 0 Å². The van der Waals surface area contributed by atoms with Gasteiger partial charge in [0.15, 0.2) is 5.96 Å². The molecule has 22 heavy (non-hydrogen) atoms. The summed E-state index contributed by atoms with van der Waals surface area (Å²) in [5, 5.41) is 7.84. The lowest BCUT2D eigenvalue weighted by atomic mass is 10.1. The molecule has 1 rings (SSSR count). The molecule has 4 nitrogen and oxygen atoms in total. The van der Waals surface area contributed by atoms with Crippen LogP contribution in [0.2, 0.25) is 10.0 Å². The number of guanidine groups is 1. The van der Waals surface area contributed by atoms with E-state index in [0.717, 1.165) is 37.7 Å². The third-order valence-corrected chi connectivity index (χ3v) is 3.53. The molecule has 7 heteroatoms. The van der Waals surface area contributed by atoms with E-state index in [1.54, 1.807) is 13.1 Å². The van der Waals surface area contributed by atoms with Crippen molar-refractivity contribution in [1.29, 1.82) is 0 Å². The average Bonchev–Trinajstić information content (AvgIpc) is 2.45. The van der Waals surface area contributed by atoms with Crippen LogP contribution >= 0.6 is 47.2 Å². The van der Waals surface area contributed by atoms with Crippen molar-refractivity contribution >= 4 is 53.1 Å². The second kappa shape index (κ2) is 12.2. The van der Waals surface area contributed by atoms with E-state index < -0.39 is 0 Å². The molecule has 0 fully saturated rings. The van der Waals surface area contributed by atoms with E-state index in [1.165, 1.54) is 0 Å². The predicted octanol–water partition coefficient (Wildman–Crippen LogP) is 4.26. The minimum Gasteiger partial charge on any atom is -0.382 e. The number of hydrogen-bond donors (Lipinski definition) is 2. The second-order valence-electron chi connectivity index (χ2n) is 4.58. The number of nitrogens with zero attached hydrogens (tertiary/aromatic N) is 1. The molecule has 0 radical (unpaired) electrons. The SMILES string of the molecule is CCOCCCNC(=NC)NC(C)c1ccc(Cl)cc1Cl.I. The van der Waals surface area contributed by atoms with Gasteiger partial charge in [-0.1, -0.05) is 29.3 Å². The lowest BCUT2D eigenvalue weighted by molar-refractivity contribution is 0.145. The highest BCUT2D eigenvalue weighted by atomic mass is 127. The van der Waals surface area contributed by atoms with E-state index in [0.29, 0.717) is 10.0 Å². The standard InChI is InChI=1S/C15H23Cl2N3O.HI/c1-4-21-9-5-8-19-15(18-3)20-11(2)13-7-6-12(16)10-14(13)17;/h6-7,10-11H,4-5,8-9H2,1-3H3,(H2,18,19,20);1H. The van der Waals surface area contributed by atoms with Gasteiger partial charge in [-0.15, -0.1) is 24.0 Å². The van der Waals surface area contributed by atoms with Gasteiger partial charge in [0, 0.05) is 36.9 Å². The van der Waals surface area contributed by atoms with Gasteiger partial charge in [-0.2, -0.15) is 0 Å². The first-order valence-corrected chi connectivity index (χ1v) is 7.84. The third-order valence-electron chi connectivity index (χ3n) is 2.97. The minimum atomic E-state index is 0. The van der Waals surface area contributed by atoms with E-state index in [9.17, 15) is 0 Å². The van der Waals surface area contributed by atoms with Crippen molar-refractivity contribution in [2.24, 2.45) is 4.99 Å². The highest BCUT2D eigenvalue weighted by Crippen LogP contribution is 2.25. The maximum Gasteiger partial charge on any atom is 0.191 e. The molecule has 0 amide bonds. The van der Waals surface area contributed by atoms with Gasteiger partial charge in [0.05, 0.1) is 6.04 Å². The van der Waals surface area contributed by atoms with Gasteiger partial charge in [-0.3, -0.25) is 4.99 Å². The van der Waals surface area contributed by atoms with Gasteiger partial charge in [0.1, 0.15) is 0 Å². The number of aliphatic imine (C=N–C) groups is 1. The van der Waals surface area contributed by atoms with Crippen LogP contribution in [0.15, 0.2) is 23.2 Å². The molecule has 0 aliphatic rings. The monoisotopic (exact) mass is 459 g/mol. The smallest absolute Gasteiger partial charge is 0.191 e. The van der Waals surface area contributed by atoms with Gasteiger partial charge in [-0.25, -0.2) is 0 Å². The summed E-state index contributed by atoms with van der Waals surface area (Å²) in [5.74, 6) is 0.741. The Morgan fingerprint density at radius 1 is 1.36 bits per heavy atom. The van der Waals surface area contributed by atoms with E-state index in [2.05, 4.69) is 15.6 Å². The van der Waals surface area contributed by atoms with Gasteiger partial charge in [-0.05, 0) is 38.0 Å². The van der Waals surface area contributed by atoms with E-state index in [1.807, 2.05) is 26.0 Å². The van der Waals surface area contributed by atoms with Gasteiger partial charge >= 0.3 is 0 Å². The zero-order chi connectivity index (χ0) is 15.7. The fourth-order valence-electron chi connectivity index (χ4n) is 1.86. The first-order valence-electron chi connectivity index (χ1n) is 7.08. The summed E-state index contributed by atoms with van der Waals surface area (Å²) in [7, 11) is 1.74. The zero-order valence-corrected chi connectivity index (χ0v) is 17.0. The first-order chi connectivity index (χ1) is 10.1. The quantitative estimate of drug-likeness (QED) is 0.277. The topological polar surface area (TPSA) is 45.6 Å². The van der Waals surface area contributed by atoms with Gasteiger partial charge < -0.3 is 15.4 Å². The summed E-state index contributed by atoms with van der Waals surface area (Å²) in [5.41, 5.74) is 0.985. The Bertz CT molecular complexity index is 472. The molecule has 0 heterocycles. The van der Waals surface area contributed by atoms with Crippen LogP contribution in [0.4, 0.5) is 0 Å². The molecule has 0 spiro atoms. The summed E-state index contributed by atoms with van der Waals surface area (Å²) in [4.78, 5) is 4.20. The largest absolute Gasteiger partial charge is 0.382 e. The summed E-state index contributed by atoms with van der Waals surface area (Å²) in [6, 6.07) is 5.53. The minimum absolute atomic E-state index is 0. The summed E-state index contributed by atoms with van der Waals surface area (Å²) >= 11 is 12.1. The lowest BCUT2D eigenvalue weighted by Gasteiger charge is -2.19. The predicted molar refractivity (Wildman–Crippen MR) is 106 cm³/mol. The second-order valence-corrected chi connectivity index (χ2v) is 5.42. The fourth-order valence-corrected chi connectivity index (χ4v) is 2.43. The Morgan fingerprint density at radius 2 is 2.09 bits per heavy atom. The third kappa shape index (κ3) is 7.85. The number of rotatable bonds is 7. The van der Waals surface area contributed by atoms with Crippen LogP contribution in [-0.2, 0) is 4.74 Å². The number of ether oxygens (including phenoxy) is 1. The molecule has 0 aliphatic heterocycles. The number of benzene rings is 1. The van der Waals surface area contributed by atoms with Crippen LogP contribution in [0, 0.1) is 0 Å². The number of nitrogens with one attached hydrogen (secondary N) is 2. The van der Waals surface area contributed by atoms with Gasteiger partial charge in [0.2, 0.25) is 0 Å². The molecule has 1 aromatic carbocycles. The van der Waals surface area contributed by atoms with Crippen molar-refractivity contribution in [1.82, 2.24) is 10.6 Å². The molecule has 0 aliphatic carbocycles. The van der Waals surface area contributed by atoms with Crippen LogP contribution in [0.25, 0.3) is 0 Å². The zero-order valence-electron chi connectivity index (χ0n) is 13.2. The van der Waals surface area contributed by atoms with Crippen LogP contribution in [-0.4, -0.2) is 32.8 Å². The van der Waals surface area contributed by atoms with E-state index >= 15 is 0 Å². The van der Waals surface area contributed by atoms with E-state index in [-0.39, 0.29) is 30.0 Å². The van der Waals surface area contributed by atoms with Gasteiger partial charge in [0.25, 0.3) is 0 Å². The van der Waals surface area contributed by atoms with Crippen molar-refractivity contribution in [2.75, 3.05) is 26.8 Å². The Hall–Kier alpha value is -0.240. The fraction of sp³-hybridized carbons (Fsp3) is 0.533. The van der Waals surface area contributed by atoms with Crippen molar-refractivity contribution < 1.29 is 4.74 Å². The Morgan fingerprint density at radius 3 is 2.68 bits per heavy atom. The van der Waals surface area contributed by atoms with Crippen LogP contribution in [0.5, 0.6) is 0 Å². The molecule has 0 aromatic heterocycles. The molecule has 1 atom stereocenters. The average molecular weight is 460 g/mol. The van der Waals surface area contributed by atoms with Crippen LogP contribution in [0.1, 0.15) is 31.9 Å². The maximum atomic E-state index is 6.21. The molecule has 2 N–H and O–H groups in total. The van der Waals surface area contributed by atoms with Crippen molar-refractivity contribution in [3.63, 3.8) is 0 Å². The Balaban J connectivity index is 0.00000441. The highest BCUT2D eigenvalue weighted by molar-refractivity contribution is 14.0. The molecule has 126 valence electrons.